The summed E-state index contributed by atoms with van der Waals surface area (Å²) in [5.41, 5.74) is 2.02. The molecule has 1 fully saturated rings. The SMILES string of the molecule is O=C(COc1ccc(-c2ccccc2)cc1Cl)N1CCC(NS(=O)(=O)c2cccs2)CC1. The van der Waals surface area contributed by atoms with Crippen LogP contribution in [-0.2, 0) is 14.8 Å². The molecule has 1 aromatic heterocycles. The Morgan fingerprint density at radius 3 is 2.47 bits per heavy atom. The first-order valence-corrected chi connectivity index (χ1v) is 13.0. The molecule has 0 aliphatic carbocycles. The van der Waals surface area contributed by atoms with E-state index in [2.05, 4.69) is 4.72 Å². The van der Waals surface area contributed by atoms with Crippen molar-refractivity contribution in [3.63, 3.8) is 0 Å². The molecule has 1 amide bonds. The number of benzene rings is 2. The van der Waals surface area contributed by atoms with Crippen molar-refractivity contribution in [1.29, 1.82) is 0 Å². The van der Waals surface area contributed by atoms with Gasteiger partial charge in [-0.3, -0.25) is 4.79 Å². The molecule has 1 aliphatic rings. The molecule has 0 unspecified atom stereocenters. The number of rotatable bonds is 7. The summed E-state index contributed by atoms with van der Waals surface area (Å²) >= 11 is 7.54. The lowest BCUT2D eigenvalue weighted by Gasteiger charge is -2.32. The Morgan fingerprint density at radius 1 is 1.06 bits per heavy atom. The average molecular weight is 491 g/mol. The van der Waals surface area contributed by atoms with Crippen molar-refractivity contribution in [3.05, 3.63) is 71.1 Å². The Labute approximate surface area is 196 Å². The van der Waals surface area contributed by atoms with Gasteiger partial charge in [0.2, 0.25) is 10.0 Å². The fourth-order valence-corrected chi connectivity index (χ4v) is 6.15. The first-order chi connectivity index (χ1) is 15.4. The maximum atomic E-state index is 12.6. The number of ether oxygens (including phenoxy) is 1. The fraction of sp³-hybridized carbons (Fsp3) is 0.261. The summed E-state index contributed by atoms with van der Waals surface area (Å²) in [6.07, 6.45) is 1.12. The fourth-order valence-electron chi connectivity index (χ4n) is 3.60. The number of piperidine rings is 1. The summed E-state index contributed by atoms with van der Waals surface area (Å²) in [5, 5.41) is 2.18. The summed E-state index contributed by atoms with van der Waals surface area (Å²) in [6, 6.07) is 18.5. The molecule has 0 atom stereocenters. The molecule has 3 aromatic rings. The zero-order valence-corrected chi connectivity index (χ0v) is 19.6. The smallest absolute Gasteiger partial charge is 0.260 e. The number of hydrogen-bond donors (Lipinski definition) is 1. The number of sulfonamides is 1. The van der Waals surface area contributed by atoms with Crippen LogP contribution in [0.4, 0.5) is 0 Å². The van der Waals surface area contributed by atoms with E-state index in [4.69, 9.17) is 16.3 Å². The van der Waals surface area contributed by atoms with Gasteiger partial charge in [0, 0.05) is 19.1 Å². The van der Waals surface area contributed by atoms with Crippen molar-refractivity contribution < 1.29 is 17.9 Å². The molecule has 2 heterocycles. The third-order valence-corrected chi connectivity index (χ3v) is 8.53. The van der Waals surface area contributed by atoms with Gasteiger partial charge < -0.3 is 9.64 Å². The lowest BCUT2D eigenvalue weighted by atomic mass is 10.1. The van der Waals surface area contributed by atoms with Crippen LogP contribution in [0, 0.1) is 0 Å². The van der Waals surface area contributed by atoms with Gasteiger partial charge >= 0.3 is 0 Å². The van der Waals surface area contributed by atoms with Gasteiger partial charge in [-0.05, 0) is 47.5 Å². The number of carbonyl (C=O) groups is 1. The van der Waals surface area contributed by atoms with Gasteiger partial charge in [0.1, 0.15) is 9.96 Å². The molecule has 9 heteroatoms. The standard InChI is InChI=1S/C23H23ClN2O4S2/c24-20-15-18(17-5-2-1-3-6-17)8-9-21(20)30-16-22(27)26-12-10-19(11-13-26)25-32(28,29)23-7-4-14-31-23/h1-9,14-15,19,25H,10-13,16H2. The van der Waals surface area contributed by atoms with Gasteiger partial charge in [-0.15, -0.1) is 11.3 Å². The van der Waals surface area contributed by atoms with Crippen molar-refractivity contribution in [2.24, 2.45) is 0 Å². The highest BCUT2D eigenvalue weighted by Crippen LogP contribution is 2.30. The van der Waals surface area contributed by atoms with Crippen molar-refractivity contribution in [3.8, 4) is 16.9 Å². The lowest BCUT2D eigenvalue weighted by molar-refractivity contribution is -0.134. The molecular formula is C23H23ClN2O4S2. The first kappa shape index (κ1) is 22.8. The minimum atomic E-state index is -3.50. The highest BCUT2D eigenvalue weighted by atomic mass is 35.5. The van der Waals surface area contributed by atoms with Gasteiger partial charge in [-0.1, -0.05) is 54.1 Å². The molecule has 1 N–H and O–H groups in total. The topological polar surface area (TPSA) is 75.7 Å². The predicted octanol–water partition coefficient (Wildman–Crippen LogP) is 4.42. The van der Waals surface area contributed by atoms with Crippen molar-refractivity contribution in [2.45, 2.75) is 23.1 Å². The average Bonchev–Trinajstić information content (AvgIpc) is 3.35. The molecule has 6 nitrogen and oxygen atoms in total. The number of hydrogen-bond acceptors (Lipinski definition) is 5. The molecule has 0 spiro atoms. The Balaban J connectivity index is 1.27. The van der Waals surface area contributed by atoms with Gasteiger partial charge in [0.05, 0.1) is 5.02 Å². The van der Waals surface area contributed by atoms with Gasteiger partial charge in [-0.2, -0.15) is 0 Å². The van der Waals surface area contributed by atoms with Crippen LogP contribution in [0.25, 0.3) is 11.1 Å². The number of carbonyl (C=O) groups excluding carboxylic acids is 1. The van der Waals surface area contributed by atoms with E-state index in [1.54, 1.807) is 28.5 Å². The van der Waals surface area contributed by atoms with E-state index in [-0.39, 0.29) is 18.6 Å². The number of likely N-dealkylation sites (tertiary alicyclic amines) is 1. The highest BCUT2D eigenvalue weighted by Gasteiger charge is 2.27. The summed E-state index contributed by atoms with van der Waals surface area (Å²) in [4.78, 5) is 14.3. The van der Waals surface area contributed by atoms with Crippen LogP contribution < -0.4 is 9.46 Å². The quantitative estimate of drug-likeness (QED) is 0.532. The number of nitrogens with zero attached hydrogens (tertiary/aromatic N) is 1. The zero-order chi connectivity index (χ0) is 22.6. The predicted molar refractivity (Wildman–Crippen MR) is 127 cm³/mol. The second-order valence-corrected chi connectivity index (χ2v) is 10.8. The first-order valence-electron chi connectivity index (χ1n) is 10.2. The largest absolute Gasteiger partial charge is 0.482 e. The van der Waals surface area contributed by atoms with E-state index in [0.29, 0.717) is 40.9 Å². The normalized spacial score (nSPS) is 15.0. The van der Waals surface area contributed by atoms with E-state index >= 15 is 0 Å². The Bertz CT molecular complexity index is 1160. The molecule has 0 bridgehead atoms. The van der Waals surface area contributed by atoms with Crippen LogP contribution in [0.3, 0.4) is 0 Å². The molecule has 2 aromatic carbocycles. The minimum absolute atomic E-state index is 0.115. The monoisotopic (exact) mass is 490 g/mol. The molecule has 0 radical (unpaired) electrons. The highest BCUT2D eigenvalue weighted by molar-refractivity contribution is 7.91. The number of nitrogens with one attached hydrogen (secondary N) is 1. The molecule has 32 heavy (non-hydrogen) atoms. The summed E-state index contributed by atoms with van der Waals surface area (Å²) in [7, 11) is -3.50. The van der Waals surface area contributed by atoms with Crippen molar-refractivity contribution in [1.82, 2.24) is 9.62 Å². The minimum Gasteiger partial charge on any atom is -0.482 e. The van der Waals surface area contributed by atoms with Crippen LogP contribution in [0.5, 0.6) is 5.75 Å². The van der Waals surface area contributed by atoms with Crippen molar-refractivity contribution >= 4 is 38.9 Å². The molecular weight excluding hydrogens is 468 g/mol. The lowest BCUT2D eigenvalue weighted by Crippen LogP contribution is -2.47. The maximum absolute atomic E-state index is 12.6. The second-order valence-electron chi connectivity index (χ2n) is 7.51. The zero-order valence-electron chi connectivity index (χ0n) is 17.2. The van der Waals surface area contributed by atoms with E-state index in [1.165, 1.54) is 11.3 Å². The number of halogens is 1. The second kappa shape index (κ2) is 10.0. The Morgan fingerprint density at radius 2 is 1.81 bits per heavy atom. The van der Waals surface area contributed by atoms with Crippen molar-refractivity contribution in [2.75, 3.05) is 19.7 Å². The van der Waals surface area contributed by atoms with Gasteiger partial charge in [-0.25, -0.2) is 13.1 Å². The van der Waals surface area contributed by atoms with Gasteiger partial charge in [0.25, 0.3) is 5.91 Å². The third kappa shape index (κ3) is 5.50. The van der Waals surface area contributed by atoms with E-state index in [9.17, 15) is 13.2 Å². The van der Waals surface area contributed by atoms with Crippen LogP contribution in [0.1, 0.15) is 12.8 Å². The maximum Gasteiger partial charge on any atom is 0.260 e. The summed E-state index contributed by atoms with van der Waals surface area (Å²) in [6.45, 7) is 0.830. The molecule has 4 rings (SSSR count). The van der Waals surface area contributed by atoms with Crippen LogP contribution in [0.2, 0.25) is 5.02 Å². The van der Waals surface area contributed by atoms with Crippen LogP contribution >= 0.6 is 22.9 Å². The number of thiophene rings is 1. The van der Waals surface area contributed by atoms with E-state index in [1.807, 2.05) is 42.5 Å². The molecule has 1 aliphatic heterocycles. The summed E-state index contributed by atoms with van der Waals surface area (Å²) in [5.74, 6) is 0.311. The van der Waals surface area contributed by atoms with Crippen LogP contribution in [-0.4, -0.2) is 45.0 Å². The summed E-state index contributed by atoms with van der Waals surface area (Å²) < 4.78 is 33.4. The third-order valence-electron chi connectivity index (χ3n) is 5.32. The Hall–Kier alpha value is -2.39. The Kier molecular flexibility index (Phi) is 7.15. The van der Waals surface area contributed by atoms with E-state index < -0.39 is 10.0 Å². The van der Waals surface area contributed by atoms with E-state index in [0.717, 1.165) is 11.1 Å². The van der Waals surface area contributed by atoms with Gasteiger partial charge in [0.15, 0.2) is 6.61 Å². The molecule has 0 saturated carbocycles. The van der Waals surface area contributed by atoms with Crippen LogP contribution in [0.15, 0.2) is 70.3 Å². The molecule has 168 valence electrons. The molecule has 1 saturated heterocycles. The number of amides is 1.